The van der Waals surface area contributed by atoms with Crippen LogP contribution in [0.3, 0.4) is 0 Å². The third-order valence-corrected chi connectivity index (χ3v) is 11.6. The van der Waals surface area contributed by atoms with Gasteiger partial charge in [-0.3, -0.25) is 0 Å². The van der Waals surface area contributed by atoms with Crippen LogP contribution >= 0.6 is 0 Å². The zero-order chi connectivity index (χ0) is 43.2. The summed E-state index contributed by atoms with van der Waals surface area (Å²) in [5.41, 5.74) is 0.842. The number of benzene rings is 6. The highest BCUT2D eigenvalue weighted by atomic mass is 16.5. The molecule has 8 atom stereocenters. The van der Waals surface area contributed by atoms with Crippen LogP contribution in [0.25, 0.3) is 0 Å². The summed E-state index contributed by atoms with van der Waals surface area (Å²) in [7, 11) is 0. The van der Waals surface area contributed by atoms with Gasteiger partial charge in [-0.05, 0) is 65.2 Å². The van der Waals surface area contributed by atoms with Crippen LogP contribution in [0.4, 0.5) is 0 Å². The van der Waals surface area contributed by atoms with Crippen LogP contribution < -0.4 is 14.2 Å². The van der Waals surface area contributed by atoms with Crippen LogP contribution in [-0.4, -0.2) is 84.7 Å². The molecule has 6 aromatic rings. The van der Waals surface area contributed by atoms with Crippen molar-refractivity contribution in [2.45, 2.75) is 54.9 Å². The monoisotopic (exact) mass is 834 g/mol. The van der Waals surface area contributed by atoms with Crippen LogP contribution in [0, 0.1) is 0 Å². The molecule has 0 aliphatic carbocycles. The van der Waals surface area contributed by atoms with Crippen LogP contribution in [-0.2, 0) is 6.42 Å². The Morgan fingerprint density at radius 2 is 0.754 bits per heavy atom. The van der Waals surface area contributed by atoms with E-state index in [1.54, 1.807) is 0 Å². The van der Waals surface area contributed by atoms with Crippen molar-refractivity contribution in [2.24, 2.45) is 0 Å². The first-order chi connectivity index (χ1) is 29.1. The van der Waals surface area contributed by atoms with Crippen molar-refractivity contribution in [2.75, 3.05) is 0 Å². The van der Waals surface area contributed by atoms with Crippen LogP contribution in [0.5, 0.6) is 74.7 Å². The fraction of sp³-hybridized carbons (Fsp3) is 0.200. The highest BCUT2D eigenvalue weighted by molar-refractivity contribution is 5.72. The highest BCUT2D eigenvalue weighted by Crippen LogP contribution is 2.63. The average Bonchev–Trinajstić information content (AvgIpc) is 3.21. The van der Waals surface area contributed by atoms with E-state index in [0.29, 0.717) is 0 Å². The Morgan fingerprint density at radius 3 is 1.15 bits per heavy atom. The van der Waals surface area contributed by atoms with E-state index in [-0.39, 0.29) is 79.7 Å². The zero-order valence-electron chi connectivity index (χ0n) is 31.5. The van der Waals surface area contributed by atoms with Gasteiger partial charge in [0.05, 0.1) is 6.10 Å². The Labute approximate surface area is 345 Å². The summed E-state index contributed by atoms with van der Waals surface area (Å²) in [6.45, 7) is 0. The summed E-state index contributed by atoms with van der Waals surface area (Å²) in [4.78, 5) is 0. The molecule has 0 radical (unpaired) electrons. The smallest absolute Gasteiger partial charge is 0.157 e. The molecule has 0 aromatic heterocycles. The number of hydrogen-bond acceptors (Lipinski definition) is 16. The average molecular weight is 835 g/mol. The van der Waals surface area contributed by atoms with Crippen molar-refractivity contribution in [1.29, 1.82) is 0 Å². The van der Waals surface area contributed by atoms with E-state index in [0.717, 1.165) is 18.2 Å². The summed E-state index contributed by atoms with van der Waals surface area (Å²) in [5.74, 6) is -7.46. The van der Waals surface area contributed by atoms with Gasteiger partial charge in [-0.15, -0.1) is 0 Å². The van der Waals surface area contributed by atoms with E-state index in [1.807, 2.05) is 0 Å². The lowest BCUT2D eigenvalue weighted by Crippen LogP contribution is -2.41. The van der Waals surface area contributed by atoms with Gasteiger partial charge in [-0.1, -0.05) is 30.3 Å². The molecule has 16 heteroatoms. The maximum Gasteiger partial charge on any atom is 0.157 e. The number of ether oxygens (including phenoxy) is 3. The molecule has 3 heterocycles. The number of aliphatic hydroxyl groups is 3. The number of fused-ring (bicyclic) bond motifs is 6. The van der Waals surface area contributed by atoms with E-state index >= 15 is 0 Å². The molecule has 0 unspecified atom stereocenters. The molecular weight excluding hydrogens is 796 g/mol. The lowest BCUT2D eigenvalue weighted by molar-refractivity contribution is -0.0171. The van der Waals surface area contributed by atoms with E-state index in [2.05, 4.69) is 0 Å². The summed E-state index contributed by atoms with van der Waals surface area (Å²) >= 11 is 0. The second kappa shape index (κ2) is 14.4. The van der Waals surface area contributed by atoms with E-state index in [1.165, 1.54) is 72.8 Å². The molecule has 16 nitrogen and oxygen atoms in total. The molecule has 6 aromatic carbocycles. The van der Waals surface area contributed by atoms with Gasteiger partial charge >= 0.3 is 0 Å². The van der Waals surface area contributed by atoms with Gasteiger partial charge in [0.2, 0.25) is 0 Å². The predicted molar refractivity (Wildman–Crippen MR) is 211 cm³/mol. The Bertz CT molecular complexity index is 2650. The van der Waals surface area contributed by atoms with Crippen molar-refractivity contribution >= 4 is 0 Å². The van der Waals surface area contributed by atoms with Gasteiger partial charge in [0, 0.05) is 58.2 Å². The molecule has 13 N–H and O–H groups in total. The number of aromatic hydroxyl groups is 10. The van der Waals surface area contributed by atoms with Gasteiger partial charge < -0.3 is 80.6 Å². The summed E-state index contributed by atoms with van der Waals surface area (Å²) < 4.78 is 20.1. The molecule has 3 aliphatic rings. The maximum absolute atomic E-state index is 12.5. The Hall–Kier alpha value is -7.40. The third-order valence-electron chi connectivity index (χ3n) is 11.6. The Balaban J connectivity index is 1.39. The fourth-order valence-corrected chi connectivity index (χ4v) is 8.77. The lowest BCUT2D eigenvalue weighted by atomic mass is 9.72. The highest BCUT2D eigenvalue weighted by Gasteiger charge is 2.52. The molecule has 0 amide bonds. The number of rotatable bonds is 5. The van der Waals surface area contributed by atoms with Gasteiger partial charge in [-0.2, -0.15) is 0 Å². The third kappa shape index (κ3) is 6.35. The fourth-order valence-electron chi connectivity index (χ4n) is 8.77. The van der Waals surface area contributed by atoms with Crippen molar-refractivity contribution in [3.8, 4) is 74.7 Å². The van der Waals surface area contributed by atoms with Crippen molar-refractivity contribution < 1.29 is 80.6 Å². The van der Waals surface area contributed by atoms with Crippen molar-refractivity contribution in [3.05, 3.63) is 136 Å². The van der Waals surface area contributed by atoms with Crippen LogP contribution in [0.15, 0.2) is 91.0 Å². The molecule has 61 heavy (non-hydrogen) atoms. The van der Waals surface area contributed by atoms with E-state index < -0.39 is 94.5 Å². The SMILES string of the molecule is Oc1ccc([C@H]2c3c4c(c5c(c3O[C@H](c3ccc(O)c(O)c3)[C@H]2O)[C@@H](c2ccc(O)cc2O)[C@H](O)[C@H](c2ccc(O)c(O)c2)O5)C[C@@H](O)[C@@H](c2ccc(O)c(O)c2)O4)c(O)c1. The van der Waals surface area contributed by atoms with Gasteiger partial charge in [0.15, 0.2) is 46.7 Å². The molecule has 0 bridgehead atoms. The van der Waals surface area contributed by atoms with Gasteiger partial charge in [0.1, 0.15) is 58.6 Å². The van der Waals surface area contributed by atoms with E-state index in [9.17, 15) is 66.4 Å². The second-order valence-electron chi connectivity index (χ2n) is 15.3. The van der Waals surface area contributed by atoms with Crippen molar-refractivity contribution in [3.63, 3.8) is 0 Å². The van der Waals surface area contributed by atoms with E-state index in [4.69, 9.17) is 14.2 Å². The number of phenolic OH excluding ortho intramolecular Hbond substituents is 10. The van der Waals surface area contributed by atoms with Crippen LogP contribution in [0.1, 0.15) is 74.7 Å². The summed E-state index contributed by atoms with van der Waals surface area (Å²) in [6, 6.07) is 18.7. The lowest BCUT2D eigenvalue weighted by Gasteiger charge is -2.46. The predicted octanol–water partition coefficient (Wildman–Crippen LogP) is 5.03. The molecule has 0 saturated carbocycles. The van der Waals surface area contributed by atoms with Crippen molar-refractivity contribution in [1.82, 2.24) is 0 Å². The largest absolute Gasteiger partial charge is 0.508 e. The van der Waals surface area contributed by atoms with Gasteiger partial charge in [0.25, 0.3) is 0 Å². The first-order valence-corrected chi connectivity index (χ1v) is 19.0. The number of aliphatic hydroxyl groups excluding tert-OH is 3. The molecule has 0 spiro atoms. The zero-order valence-corrected chi connectivity index (χ0v) is 31.5. The quantitative estimate of drug-likeness (QED) is 0.101. The minimum Gasteiger partial charge on any atom is -0.508 e. The molecular formula is C45H38O16. The molecule has 0 saturated heterocycles. The Kier molecular flexibility index (Phi) is 9.23. The summed E-state index contributed by atoms with van der Waals surface area (Å²) in [5, 5.41) is 143. The summed E-state index contributed by atoms with van der Waals surface area (Å²) in [6.07, 6.45) is -9.06. The number of phenols is 10. The topological polar surface area (TPSA) is 291 Å². The molecule has 314 valence electrons. The standard InChI is InChI=1S/C45H38O16/c46-20-4-6-22(28(51)14-20)34-36-43-24(16-33(56)40(59-43)17-1-8-25(48)30(53)11-17)44-37(45(36)61-42(39(34)58)19-3-10-27(50)32(55)13-19)35(23-7-5-21(47)15-29(23)52)38(57)41(60-44)18-2-9-26(49)31(54)12-18/h1-15,33-35,38-42,46-58H,16H2/t33-,34+,35-,38+,39+,40-,41+,42-/m1/s1. The second-order valence-corrected chi connectivity index (χ2v) is 15.3. The first kappa shape index (κ1) is 39.1. The minimum atomic E-state index is -1.66. The number of hydrogen-bond donors (Lipinski definition) is 13. The molecule has 9 rings (SSSR count). The first-order valence-electron chi connectivity index (χ1n) is 19.0. The van der Waals surface area contributed by atoms with Gasteiger partial charge in [-0.25, -0.2) is 0 Å². The maximum atomic E-state index is 12.5. The molecule has 3 aliphatic heterocycles. The Morgan fingerprint density at radius 1 is 0.377 bits per heavy atom. The minimum absolute atomic E-state index is 0.0392. The normalized spacial score (nSPS) is 24.0. The van der Waals surface area contributed by atoms with Crippen LogP contribution in [0.2, 0.25) is 0 Å². The molecule has 0 fully saturated rings.